The molecule has 0 radical (unpaired) electrons. The normalized spacial score (nSPS) is 28.3. The molecule has 1 aliphatic rings. The van der Waals surface area contributed by atoms with Crippen LogP contribution in [0.4, 0.5) is 0 Å². The Morgan fingerprint density at radius 3 is 2.67 bits per heavy atom. The van der Waals surface area contributed by atoms with E-state index >= 15 is 0 Å². The van der Waals surface area contributed by atoms with Crippen molar-refractivity contribution in [1.29, 1.82) is 0 Å². The summed E-state index contributed by atoms with van der Waals surface area (Å²) in [5.74, 6) is 0.712. The Morgan fingerprint density at radius 1 is 1.43 bits per heavy atom. The zero-order valence-electron chi connectivity index (χ0n) is 13.6. The Balaban J connectivity index is 2.11. The number of hydrogen-bond donors (Lipinski definition) is 1. The number of halogens is 1. The highest BCUT2D eigenvalue weighted by Crippen LogP contribution is 2.42. The molecule has 1 aliphatic carbocycles. The van der Waals surface area contributed by atoms with Crippen LogP contribution in [0.5, 0.6) is 0 Å². The van der Waals surface area contributed by atoms with Crippen molar-refractivity contribution < 1.29 is 4.74 Å². The van der Waals surface area contributed by atoms with E-state index in [9.17, 15) is 0 Å². The minimum atomic E-state index is -0.0291. The third-order valence-electron chi connectivity index (χ3n) is 4.42. The van der Waals surface area contributed by atoms with E-state index in [1.165, 1.54) is 6.42 Å². The van der Waals surface area contributed by atoms with E-state index in [0.29, 0.717) is 17.4 Å². The average molecular weight is 330 g/mol. The molecule has 2 rings (SSSR count). The molecular formula is C17H28ClNOS. The maximum Gasteiger partial charge on any atom is 0.107 e. The molecule has 0 aromatic carbocycles. The fourth-order valence-electron chi connectivity index (χ4n) is 3.64. The van der Waals surface area contributed by atoms with Crippen LogP contribution in [0.1, 0.15) is 64.4 Å². The maximum atomic E-state index is 6.48. The number of hydrogen-bond acceptors (Lipinski definition) is 3. The van der Waals surface area contributed by atoms with Gasteiger partial charge in [0.15, 0.2) is 0 Å². The van der Waals surface area contributed by atoms with Gasteiger partial charge in [-0.25, -0.2) is 0 Å². The second-order valence-corrected chi connectivity index (χ2v) is 9.05. The quantitative estimate of drug-likeness (QED) is 0.783. The molecule has 2 nitrogen and oxygen atoms in total. The minimum absolute atomic E-state index is 0.0278. The lowest BCUT2D eigenvalue weighted by Crippen LogP contribution is -2.37. The predicted octanol–water partition coefficient (Wildman–Crippen LogP) is 5.41. The van der Waals surface area contributed by atoms with Gasteiger partial charge in [0.1, 0.15) is 6.10 Å². The van der Waals surface area contributed by atoms with Crippen LogP contribution in [-0.2, 0) is 4.74 Å². The second kappa shape index (κ2) is 6.99. The molecule has 4 unspecified atom stereocenters. The van der Waals surface area contributed by atoms with Crippen molar-refractivity contribution in [3.8, 4) is 0 Å². The number of rotatable bonds is 5. The first-order chi connectivity index (χ1) is 9.80. The molecule has 4 atom stereocenters. The molecule has 1 fully saturated rings. The number of thiophene rings is 1. The first-order valence-corrected chi connectivity index (χ1v) is 9.16. The van der Waals surface area contributed by atoms with Crippen LogP contribution in [0.2, 0.25) is 4.34 Å². The standard InChI is InChI=1S/C17H28ClNOS/c1-5-13(19)16(14-6-7-15(18)21-14)20-12-8-11(2)9-17(3,4)10-12/h6-7,11-13,16H,5,8-10,19H2,1-4H3. The highest BCUT2D eigenvalue weighted by atomic mass is 35.5. The predicted molar refractivity (Wildman–Crippen MR) is 92.0 cm³/mol. The molecule has 1 aromatic rings. The molecule has 0 bridgehead atoms. The Kier molecular flexibility index (Phi) is 5.75. The van der Waals surface area contributed by atoms with Crippen molar-refractivity contribution in [2.24, 2.45) is 17.1 Å². The van der Waals surface area contributed by atoms with Crippen molar-refractivity contribution >= 4 is 22.9 Å². The van der Waals surface area contributed by atoms with Crippen molar-refractivity contribution in [3.05, 3.63) is 21.3 Å². The largest absolute Gasteiger partial charge is 0.368 e. The van der Waals surface area contributed by atoms with Gasteiger partial charge in [-0.15, -0.1) is 11.3 Å². The zero-order valence-corrected chi connectivity index (χ0v) is 15.1. The van der Waals surface area contributed by atoms with Gasteiger partial charge >= 0.3 is 0 Å². The number of ether oxygens (including phenoxy) is 1. The highest BCUT2D eigenvalue weighted by molar-refractivity contribution is 7.16. The van der Waals surface area contributed by atoms with Crippen LogP contribution in [0.15, 0.2) is 12.1 Å². The first-order valence-electron chi connectivity index (χ1n) is 7.97. The van der Waals surface area contributed by atoms with Crippen molar-refractivity contribution in [3.63, 3.8) is 0 Å². The van der Waals surface area contributed by atoms with Crippen LogP contribution >= 0.6 is 22.9 Å². The second-order valence-electron chi connectivity index (χ2n) is 7.31. The SMILES string of the molecule is CCC(N)C(OC1CC(C)CC(C)(C)C1)c1ccc(Cl)s1. The summed E-state index contributed by atoms with van der Waals surface area (Å²) in [5, 5.41) is 0. The highest BCUT2D eigenvalue weighted by Gasteiger charge is 2.35. The van der Waals surface area contributed by atoms with E-state index in [-0.39, 0.29) is 12.1 Å². The smallest absolute Gasteiger partial charge is 0.107 e. The number of nitrogens with two attached hydrogens (primary N) is 1. The molecule has 1 saturated carbocycles. The summed E-state index contributed by atoms with van der Waals surface area (Å²) in [6.07, 6.45) is 4.71. The maximum absolute atomic E-state index is 6.48. The Hall–Kier alpha value is -0.0900. The van der Waals surface area contributed by atoms with Crippen LogP contribution in [0.25, 0.3) is 0 Å². The van der Waals surface area contributed by atoms with E-state index < -0.39 is 0 Å². The summed E-state index contributed by atoms with van der Waals surface area (Å²) in [6.45, 7) is 9.13. The van der Waals surface area contributed by atoms with Crippen LogP contribution in [-0.4, -0.2) is 12.1 Å². The summed E-state index contributed by atoms with van der Waals surface area (Å²) in [7, 11) is 0. The van der Waals surface area contributed by atoms with Crippen molar-refractivity contribution in [2.75, 3.05) is 0 Å². The van der Waals surface area contributed by atoms with Crippen molar-refractivity contribution in [2.45, 2.75) is 71.6 Å². The lowest BCUT2D eigenvalue weighted by Gasteiger charge is -2.40. The summed E-state index contributed by atoms with van der Waals surface area (Å²) in [4.78, 5) is 1.16. The van der Waals surface area contributed by atoms with E-state index in [1.54, 1.807) is 11.3 Å². The Morgan fingerprint density at radius 2 is 2.14 bits per heavy atom. The molecule has 21 heavy (non-hydrogen) atoms. The minimum Gasteiger partial charge on any atom is -0.368 e. The molecule has 120 valence electrons. The van der Waals surface area contributed by atoms with Gasteiger partial charge in [0.05, 0.1) is 10.4 Å². The molecule has 0 saturated heterocycles. The summed E-state index contributed by atoms with van der Waals surface area (Å²) in [5.41, 5.74) is 6.67. The summed E-state index contributed by atoms with van der Waals surface area (Å²) >= 11 is 7.67. The van der Waals surface area contributed by atoms with Crippen LogP contribution in [0, 0.1) is 11.3 Å². The molecule has 0 spiro atoms. The van der Waals surface area contributed by atoms with E-state index in [4.69, 9.17) is 22.1 Å². The molecule has 1 aromatic heterocycles. The van der Waals surface area contributed by atoms with Gasteiger partial charge in [-0.3, -0.25) is 0 Å². The monoisotopic (exact) mass is 329 g/mol. The first kappa shape index (κ1) is 17.3. The average Bonchev–Trinajstić information content (AvgIpc) is 2.79. The summed E-state index contributed by atoms with van der Waals surface area (Å²) in [6, 6.07) is 4.03. The van der Waals surface area contributed by atoms with Gasteiger partial charge in [-0.05, 0) is 49.1 Å². The fraction of sp³-hybridized carbons (Fsp3) is 0.765. The Labute approximate surface area is 138 Å². The van der Waals surface area contributed by atoms with E-state index in [2.05, 4.69) is 33.8 Å². The molecule has 2 N–H and O–H groups in total. The van der Waals surface area contributed by atoms with Crippen LogP contribution in [0.3, 0.4) is 0 Å². The van der Waals surface area contributed by atoms with E-state index in [1.807, 2.05) is 6.07 Å². The molecule has 0 amide bonds. The van der Waals surface area contributed by atoms with Gasteiger partial charge in [0.2, 0.25) is 0 Å². The van der Waals surface area contributed by atoms with Gasteiger partial charge in [0.25, 0.3) is 0 Å². The zero-order chi connectivity index (χ0) is 15.6. The molecular weight excluding hydrogens is 302 g/mol. The molecule has 1 heterocycles. The van der Waals surface area contributed by atoms with Gasteiger partial charge < -0.3 is 10.5 Å². The molecule has 4 heteroatoms. The topological polar surface area (TPSA) is 35.2 Å². The lowest BCUT2D eigenvalue weighted by molar-refractivity contribution is -0.0747. The van der Waals surface area contributed by atoms with Gasteiger partial charge in [-0.2, -0.15) is 0 Å². The Bertz CT molecular complexity index is 459. The third kappa shape index (κ3) is 4.69. The third-order valence-corrected chi connectivity index (χ3v) is 5.71. The van der Waals surface area contributed by atoms with E-state index in [0.717, 1.165) is 28.5 Å². The molecule has 0 aliphatic heterocycles. The van der Waals surface area contributed by atoms with Gasteiger partial charge in [0, 0.05) is 10.9 Å². The lowest BCUT2D eigenvalue weighted by atomic mass is 9.71. The fourth-order valence-corrected chi connectivity index (χ4v) is 4.82. The van der Waals surface area contributed by atoms with Crippen LogP contribution < -0.4 is 5.73 Å². The van der Waals surface area contributed by atoms with Gasteiger partial charge in [-0.1, -0.05) is 39.3 Å². The summed E-state index contributed by atoms with van der Waals surface area (Å²) < 4.78 is 7.28. The van der Waals surface area contributed by atoms with Crippen molar-refractivity contribution in [1.82, 2.24) is 0 Å².